The van der Waals surface area contributed by atoms with Crippen LogP contribution in [-0.2, 0) is 0 Å². The lowest BCUT2D eigenvalue weighted by Crippen LogP contribution is -2.39. The van der Waals surface area contributed by atoms with Gasteiger partial charge in [0.15, 0.2) is 5.78 Å². The molecule has 2 heterocycles. The summed E-state index contributed by atoms with van der Waals surface area (Å²) >= 11 is 0. The number of Topliss-reactive ketones (excluding diaryl/α,β-unsaturated/α-hetero) is 1. The minimum atomic E-state index is -0.283. The highest BCUT2D eigenvalue weighted by molar-refractivity contribution is 6.03. The molecule has 1 atom stereocenters. The summed E-state index contributed by atoms with van der Waals surface area (Å²) in [6.07, 6.45) is 6.05. The Morgan fingerprint density at radius 1 is 1.19 bits per heavy atom. The molecule has 1 saturated heterocycles. The normalized spacial score (nSPS) is 17.0. The number of benzene rings is 1. The Kier molecular flexibility index (Phi) is 5.61. The van der Waals surface area contributed by atoms with Crippen molar-refractivity contribution < 1.29 is 9.59 Å². The summed E-state index contributed by atoms with van der Waals surface area (Å²) in [5.41, 5.74) is 1.58. The van der Waals surface area contributed by atoms with Crippen LogP contribution < -0.4 is 10.2 Å². The average molecular weight is 352 g/mol. The maximum Gasteiger partial charge on any atom is 0.274 e. The third-order valence-electron chi connectivity index (χ3n) is 4.83. The van der Waals surface area contributed by atoms with E-state index in [2.05, 4.69) is 27.1 Å². The molecule has 1 unspecified atom stereocenters. The Morgan fingerprint density at radius 3 is 2.65 bits per heavy atom. The third kappa shape index (κ3) is 4.07. The molecule has 3 rings (SSSR count). The number of nitrogens with one attached hydrogen (secondary N) is 1. The van der Waals surface area contributed by atoms with Crippen molar-refractivity contribution in [2.45, 2.75) is 45.6 Å². The number of anilines is 2. The van der Waals surface area contributed by atoms with Crippen LogP contribution in [0, 0.1) is 0 Å². The van der Waals surface area contributed by atoms with Gasteiger partial charge in [0.05, 0.1) is 0 Å². The maximum absolute atomic E-state index is 12.5. The molecule has 0 saturated carbocycles. The van der Waals surface area contributed by atoms with E-state index in [4.69, 9.17) is 0 Å². The Labute approximate surface area is 153 Å². The fourth-order valence-corrected chi connectivity index (χ4v) is 3.34. The number of hydrogen-bond donors (Lipinski definition) is 1. The largest absolute Gasteiger partial charge is 0.354 e. The van der Waals surface area contributed by atoms with Crippen LogP contribution in [0.15, 0.2) is 36.7 Å². The van der Waals surface area contributed by atoms with Gasteiger partial charge in [0.1, 0.15) is 17.8 Å². The number of ketones is 1. The molecule has 1 N–H and O–H groups in total. The van der Waals surface area contributed by atoms with Crippen LogP contribution in [0.4, 0.5) is 11.5 Å². The van der Waals surface area contributed by atoms with Crippen molar-refractivity contribution in [3.8, 4) is 0 Å². The average Bonchev–Trinajstić information content (AvgIpc) is 2.68. The van der Waals surface area contributed by atoms with E-state index in [1.807, 2.05) is 0 Å². The van der Waals surface area contributed by atoms with Gasteiger partial charge in [-0.1, -0.05) is 6.92 Å². The first-order valence-corrected chi connectivity index (χ1v) is 9.09. The van der Waals surface area contributed by atoms with Gasteiger partial charge in [0.2, 0.25) is 0 Å². The number of amides is 1. The second-order valence-corrected chi connectivity index (χ2v) is 6.60. The van der Waals surface area contributed by atoms with Crippen LogP contribution in [0.1, 0.15) is 60.4 Å². The number of aromatic nitrogens is 2. The van der Waals surface area contributed by atoms with Gasteiger partial charge in [-0.05, 0) is 56.9 Å². The van der Waals surface area contributed by atoms with Crippen LogP contribution >= 0.6 is 0 Å². The van der Waals surface area contributed by atoms with Crippen LogP contribution in [0.3, 0.4) is 0 Å². The number of hydrogen-bond acceptors (Lipinski definition) is 5. The van der Waals surface area contributed by atoms with E-state index in [1.54, 1.807) is 30.3 Å². The van der Waals surface area contributed by atoms with Crippen molar-refractivity contribution in [2.75, 3.05) is 16.8 Å². The molecule has 0 spiro atoms. The molecule has 0 radical (unpaired) electrons. The first-order chi connectivity index (χ1) is 12.6. The molecule has 1 aliphatic rings. The predicted molar refractivity (Wildman–Crippen MR) is 102 cm³/mol. The predicted octanol–water partition coefficient (Wildman–Crippen LogP) is 3.70. The molecule has 1 fully saturated rings. The van der Waals surface area contributed by atoms with Gasteiger partial charge in [-0.2, -0.15) is 0 Å². The van der Waals surface area contributed by atoms with E-state index < -0.39 is 0 Å². The lowest BCUT2D eigenvalue weighted by molar-refractivity contribution is 0.101. The molecule has 6 nitrogen and oxygen atoms in total. The van der Waals surface area contributed by atoms with Gasteiger partial charge < -0.3 is 10.2 Å². The zero-order valence-electron chi connectivity index (χ0n) is 15.2. The second kappa shape index (κ2) is 8.08. The van der Waals surface area contributed by atoms with Crippen molar-refractivity contribution in [3.63, 3.8) is 0 Å². The quantitative estimate of drug-likeness (QED) is 0.831. The second-order valence-electron chi connectivity index (χ2n) is 6.60. The molecule has 1 aromatic heterocycles. The lowest BCUT2D eigenvalue weighted by atomic mass is 10.00. The molecule has 1 aliphatic heterocycles. The molecule has 26 heavy (non-hydrogen) atoms. The topological polar surface area (TPSA) is 75.2 Å². The smallest absolute Gasteiger partial charge is 0.274 e. The minimum absolute atomic E-state index is 0.00433. The Bertz CT molecular complexity index is 789. The van der Waals surface area contributed by atoms with Crippen LogP contribution in [-0.4, -0.2) is 34.2 Å². The molecule has 6 heteroatoms. The van der Waals surface area contributed by atoms with E-state index in [9.17, 15) is 9.59 Å². The van der Waals surface area contributed by atoms with Crippen LogP contribution in [0.5, 0.6) is 0 Å². The first-order valence-electron chi connectivity index (χ1n) is 9.09. The molecule has 2 aromatic rings. The molecule has 1 amide bonds. The Balaban J connectivity index is 1.74. The number of carbonyl (C=O) groups is 2. The summed E-state index contributed by atoms with van der Waals surface area (Å²) < 4.78 is 0. The molecule has 0 bridgehead atoms. The van der Waals surface area contributed by atoms with Gasteiger partial charge in [-0.15, -0.1) is 0 Å². The molecular formula is C20H24N4O2. The van der Waals surface area contributed by atoms with Gasteiger partial charge >= 0.3 is 0 Å². The zero-order chi connectivity index (χ0) is 18.5. The fourth-order valence-electron chi connectivity index (χ4n) is 3.34. The van der Waals surface area contributed by atoms with Crippen molar-refractivity contribution in [2.24, 2.45) is 0 Å². The Hall–Kier alpha value is -2.76. The Morgan fingerprint density at radius 2 is 1.96 bits per heavy atom. The van der Waals surface area contributed by atoms with Gasteiger partial charge in [-0.25, -0.2) is 9.97 Å². The highest BCUT2D eigenvalue weighted by atomic mass is 16.2. The fraction of sp³-hybridized carbons (Fsp3) is 0.400. The summed E-state index contributed by atoms with van der Waals surface area (Å²) in [6, 6.07) is 9.05. The maximum atomic E-state index is 12.5. The molecule has 1 aromatic carbocycles. The number of piperidine rings is 1. The summed E-state index contributed by atoms with van der Waals surface area (Å²) in [5.74, 6) is 0.522. The molecule has 136 valence electrons. The molecule has 0 aliphatic carbocycles. The van der Waals surface area contributed by atoms with E-state index in [0.717, 1.165) is 31.6 Å². The van der Waals surface area contributed by atoms with E-state index in [-0.39, 0.29) is 11.7 Å². The van der Waals surface area contributed by atoms with Gasteiger partial charge in [0.25, 0.3) is 5.91 Å². The number of nitrogens with zero attached hydrogens (tertiary/aromatic N) is 3. The van der Waals surface area contributed by atoms with Crippen molar-refractivity contribution >= 4 is 23.2 Å². The first kappa shape index (κ1) is 18.0. The van der Waals surface area contributed by atoms with E-state index in [1.165, 1.54) is 19.7 Å². The third-order valence-corrected chi connectivity index (χ3v) is 4.83. The van der Waals surface area contributed by atoms with Crippen molar-refractivity contribution in [1.29, 1.82) is 0 Å². The summed E-state index contributed by atoms with van der Waals surface area (Å²) in [4.78, 5) is 34.6. The van der Waals surface area contributed by atoms with E-state index in [0.29, 0.717) is 23.0 Å². The SMILES string of the molecule is CCC1CCCCN1c1cc(C(=O)Nc2ccc(C(C)=O)cc2)ncn1. The highest BCUT2D eigenvalue weighted by Gasteiger charge is 2.23. The van der Waals surface area contributed by atoms with Crippen molar-refractivity contribution in [3.05, 3.63) is 47.9 Å². The lowest BCUT2D eigenvalue weighted by Gasteiger charge is -2.36. The summed E-state index contributed by atoms with van der Waals surface area (Å²) in [7, 11) is 0. The highest BCUT2D eigenvalue weighted by Crippen LogP contribution is 2.25. The molecular weight excluding hydrogens is 328 g/mol. The standard InChI is InChI=1S/C20H24N4O2/c1-3-17-6-4-5-11-24(17)19-12-18(21-13-22-19)20(26)23-16-9-7-15(8-10-16)14(2)25/h7-10,12-13,17H,3-6,11H2,1-2H3,(H,23,26). The van der Waals surface area contributed by atoms with E-state index >= 15 is 0 Å². The monoisotopic (exact) mass is 352 g/mol. The summed E-state index contributed by atoms with van der Waals surface area (Å²) in [5, 5.41) is 2.82. The minimum Gasteiger partial charge on any atom is -0.354 e. The van der Waals surface area contributed by atoms with Crippen LogP contribution in [0.2, 0.25) is 0 Å². The van der Waals surface area contributed by atoms with Gasteiger partial charge in [0, 0.05) is 29.9 Å². The number of carbonyl (C=O) groups excluding carboxylic acids is 2. The van der Waals surface area contributed by atoms with Crippen LogP contribution in [0.25, 0.3) is 0 Å². The van der Waals surface area contributed by atoms with Gasteiger partial charge in [-0.3, -0.25) is 9.59 Å². The zero-order valence-corrected chi connectivity index (χ0v) is 15.2. The van der Waals surface area contributed by atoms with Crippen molar-refractivity contribution in [1.82, 2.24) is 9.97 Å². The number of rotatable bonds is 5. The summed E-state index contributed by atoms with van der Waals surface area (Å²) in [6.45, 7) is 4.66.